The summed E-state index contributed by atoms with van der Waals surface area (Å²) in [4.78, 5) is 0. The van der Waals surface area contributed by atoms with Crippen LogP contribution in [0.1, 0.15) is 24.3 Å². The molecule has 0 spiro atoms. The first-order valence-electron chi connectivity index (χ1n) is 5.26. The molecule has 1 saturated carbocycles. The third-order valence-electron chi connectivity index (χ3n) is 3.47. The molecule has 0 radical (unpaired) electrons. The van der Waals surface area contributed by atoms with Gasteiger partial charge in [-0.1, -0.05) is 29.8 Å². The Labute approximate surface area is 95.1 Å². The zero-order valence-corrected chi connectivity index (χ0v) is 9.37. The van der Waals surface area contributed by atoms with Crippen LogP contribution in [-0.2, 0) is 0 Å². The molecule has 15 heavy (non-hydrogen) atoms. The minimum absolute atomic E-state index is 0.0517. The number of aliphatic hydroxyl groups excluding tert-OH is 1. The highest BCUT2D eigenvalue weighted by molar-refractivity contribution is 6.31. The van der Waals surface area contributed by atoms with Gasteiger partial charge in [0, 0.05) is 23.6 Å². The van der Waals surface area contributed by atoms with Crippen LogP contribution >= 0.6 is 11.6 Å². The highest BCUT2D eigenvalue weighted by Gasteiger charge is 2.43. The van der Waals surface area contributed by atoms with E-state index in [0.717, 1.165) is 17.9 Å². The van der Waals surface area contributed by atoms with Gasteiger partial charge in [-0.15, -0.1) is 0 Å². The summed E-state index contributed by atoms with van der Waals surface area (Å²) in [5.41, 5.74) is 6.80. The van der Waals surface area contributed by atoms with Crippen molar-refractivity contribution in [2.75, 3.05) is 13.2 Å². The summed E-state index contributed by atoms with van der Waals surface area (Å²) < 4.78 is 0. The normalized spacial score (nSPS) is 29.9. The minimum Gasteiger partial charge on any atom is -0.396 e. The molecule has 1 aliphatic carbocycles. The van der Waals surface area contributed by atoms with Crippen molar-refractivity contribution in [1.29, 1.82) is 0 Å². The molecule has 0 aromatic heterocycles. The smallest absolute Gasteiger partial charge is 0.0499 e. The number of hydrogen-bond acceptors (Lipinski definition) is 2. The quantitative estimate of drug-likeness (QED) is 0.828. The van der Waals surface area contributed by atoms with Gasteiger partial charge in [0.15, 0.2) is 0 Å². The summed E-state index contributed by atoms with van der Waals surface area (Å²) in [5.74, 6) is 0.467. The largest absolute Gasteiger partial charge is 0.396 e. The Bertz CT molecular complexity index is 341. The number of aliphatic hydroxyl groups is 1. The first-order valence-corrected chi connectivity index (χ1v) is 5.64. The average molecular weight is 226 g/mol. The van der Waals surface area contributed by atoms with Crippen LogP contribution in [0.3, 0.4) is 0 Å². The second kappa shape index (κ2) is 4.12. The topological polar surface area (TPSA) is 46.2 Å². The molecule has 0 bridgehead atoms. The van der Waals surface area contributed by atoms with Gasteiger partial charge in [-0.05, 0) is 30.4 Å². The van der Waals surface area contributed by atoms with Gasteiger partial charge < -0.3 is 10.8 Å². The van der Waals surface area contributed by atoms with Crippen LogP contribution in [-0.4, -0.2) is 18.3 Å². The fourth-order valence-corrected chi connectivity index (χ4v) is 2.66. The van der Waals surface area contributed by atoms with Crippen molar-refractivity contribution in [2.24, 2.45) is 11.1 Å². The number of nitrogens with two attached hydrogens (primary N) is 1. The summed E-state index contributed by atoms with van der Waals surface area (Å²) in [6.07, 6.45) is 1.90. The lowest BCUT2D eigenvalue weighted by Gasteiger charge is -2.46. The van der Waals surface area contributed by atoms with Crippen LogP contribution in [0.15, 0.2) is 24.3 Å². The fraction of sp³-hybridized carbons (Fsp3) is 0.500. The molecule has 1 aromatic rings. The number of hydrogen-bond donors (Lipinski definition) is 2. The molecule has 2 rings (SSSR count). The van der Waals surface area contributed by atoms with Crippen LogP contribution in [0, 0.1) is 5.41 Å². The summed E-state index contributed by atoms with van der Waals surface area (Å²) >= 11 is 6.12. The highest BCUT2D eigenvalue weighted by atomic mass is 35.5. The Hall–Kier alpha value is -0.570. The van der Waals surface area contributed by atoms with Crippen molar-refractivity contribution >= 4 is 11.6 Å². The Balaban J connectivity index is 2.09. The molecule has 82 valence electrons. The Morgan fingerprint density at radius 3 is 2.60 bits per heavy atom. The molecule has 0 aliphatic heterocycles. The van der Waals surface area contributed by atoms with Gasteiger partial charge >= 0.3 is 0 Å². The van der Waals surface area contributed by atoms with E-state index < -0.39 is 0 Å². The second-order valence-electron chi connectivity index (χ2n) is 4.49. The van der Waals surface area contributed by atoms with Gasteiger partial charge in [0.25, 0.3) is 0 Å². The lowest BCUT2D eigenvalue weighted by atomic mass is 9.60. The first-order chi connectivity index (χ1) is 7.21. The lowest BCUT2D eigenvalue weighted by molar-refractivity contribution is 0.0337. The zero-order chi connectivity index (χ0) is 10.9. The Kier molecular flexibility index (Phi) is 3.01. The van der Waals surface area contributed by atoms with Gasteiger partial charge in [0.1, 0.15) is 0 Å². The number of halogens is 1. The number of benzene rings is 1. The molecule has 1 aromatic carbocycles. The van der Waals surface area contributed by atoms with Crippen molar-refractivity contribution in [3.05, 3.63) is 34.9 Å². The second-order valence-corrected chi connectivity index (χ2v) is 4.90. The van der Waals surface area contributed by atoms with Crippen LogP contribution in [0.5, 0.6) is 0 Å². The molecule has 0 saturated heterocycles. The van der Waals surface area contributed by atoms with E-state index in [1.165, 1.54) is 5.56 Å². The van der Waals surface area contributed by atoms with Gasteiger partial charge in [0.2, 0.25) is 0 Å². The predicted octanol–water partition coefficient (Wildman–Crippen LogP) is 2.15. The van der Waals surface area contributed by atoms with Crippen molar-refractivity contribution in [1.82, 2.24) is 0 Å². The maximum absolute atomic E-state index is 9.26. The van der Waals surface area contributed by atoms with Crippen LogP contribution < -0.4 is 5.73 Å². The monoisotopic (exact) mass is 225 g/mol. The van der Waals surface area contributed by atoms with Gasteiger partial charge in [-0.2, -0.15) is 0 Å². The van der Waals surface area contributed by atoms with Crippen LogP contribution in [0.4, 0.5) is 0 Å². The standard InChI is InChI=1S/C12H16ClNO/c13-11-4-2-1-3-10(11)9-5-12(6-9,7-14)8-15/h1-4,9,15H,5-8,14H2. The van der Waals surface area contributed by atoms with Gasteiger partial charge in [0.05, 0.1) is 0 Å². The van der Waals surface area contributed by atoms with E-state index in [9.17, 15) is 5.11 Å². The van der Waals surface area contributed by atoms with E-state index in [0.29, 0.717) is 12.5 Å². The summed E-state index contributed by atoms with van der Waals surface area (Å²) in [6, 6.07) is 7.92. The van der Waals surface area contributed by atoms with E-state index in [1.54, 1.807) is 0 Å². The molecule has 0 amide bonds. The number of rotatable bonds is 3. The van der Waals surface area contributed by atoms with Gasteiger partial charge in [-0.3, -0.25) is 0 Å². The van der Waals surface area contributed by atoms with Crippen molar-refractivity contribution in [3.8, 4) is 0 Å². The maximum Gasteiger partial charge on any atom is 0.0499 e. The first kappa shape index (κ1) is 10.9. The van der Waals surface area contributed by atoms with Crippen molar-refractivity contribution in [3.63, 3.8) is 0 Å². The molecule has 0 unspecified atom stereocenters. The van der Waals surface area contributed by atoms with Crippen molar-refractivity contribution in [2.45, 2.75) is 18.8 Å². The van der Waals surface area contributed by atoms with E-state index >= 15 is 0 Å². The molecule has 2 nitrogen and oxygen atoms in total. The SMILES string of the molecule is NCC1(CO)CC(c2ccccc2Cl)C1. The molecule has 3 heteroatoms. The van der Waals surface area contributed by atoms with E-state index in [2.05, 4.69) is 6.07 Å². The summed E-state index contributed by atoms with van der Waals surface area (Å²) in [7, 11) is 0. The minimum atomic E-state index is -0.0517. The molecule has 1 fully saturated rings. The van der Waals surface area contributed by atoms with Crippen molar-refractivity contribution < 1.29 is 5.11 Å². The van der Waals surface area contributed by atoms with E-state index in [-0.39, 0.29) is 12.0 Å². The third kappa shape index (κ3) is 1.89. The molecular formula is C12H16ClNO. The third-order valence-corrected chi connectivity index (χ3v) is 3.82. The van der Waals surface area contributed by atoms with Crippen LogP contribution in [0.25, 0.3) is 0 Å². The van der Waals surface area contributed by atoms with E-state index in [1.807, 2.05) is 18.2 Å². The van der Waals surface area contributed by atoms with Crippen LogP contribution in [0.2, 0.25) is 5.02 Å². The Morgan fingerprint density at radius 1 is 1.40 bits per heavy atom. The molecular weight excluding hydrogens is 210 g/mol. The van der Waals surface area contributed by atoms with Gasteiger partial charge in [-0.25, -0.2) is 0 Å². The highest BCUT2D eigenvalue weighted by Crippen LogP contribution is 2.51. The lowest BCUT2D eigenvalue weighted by Crippen LogP contribution is -2.44. The predicted molar refractivity (Wildman–Crippen MR) is 62.0 cm³/mol. The molecule has 3 N–H and O–H groups in total. The Morgan fingerprint density at radius 2 is 2.07 bits per heavy atom. The fourth-order valence-electron chi connectivity index (χ4n) is 2.37. The molecule has 0 heterocycles. The summed E-state index contributed by atoms with van der Waals surface area (Å²) in [5, 5.41) is 10.1. The molecule has 0 atom stereocenters. The van der Waals surface area contributed by atoms with E-state index in [4.69, 9.17) is 17.3 Å². The zero-order valence-electron chi connectivity index (χ0n) is 8.62. The molecule has 1 aliphatic rings. The maximum atomic E-state index is 9.26. The summed E-state index contributed by atoms with van der Waals surface area (Å²) in [6.45, 7) is 0.745. The average Bonchev–Trinajstić information content (AvgIpc) is 2.20.